The average molecular weight is 496 g/mol. The van der Waals surface area contributed by atoms with E-state index in [4.69, 9.17) is 19.8 Å². The fourth-order valence-corrected chi connectivity index (χ4v) is 2.57. The van der Waals surface area contributed by atoms with Crippen molar-refractivity contribution in [1.29, 1.82) is 0 Å². The highest BCUT2D eigenvalue weighted by Crippen LogP contribution is 2.18. The molecular weight excluding hydrogens is 474 g/mol. The molecule has 0 saturated carbocycles. The molecule has 0 aromatic carbocycles. The molecule has 34 heavy (non-hydrogen) atoms. The number of rotatable bonds is 0. The van der Waals surface area contributed by atoms with Gasteiger partial charge in [0, 0.05) is 25.5 Å². The van der Waals surface area contributed by atoms with Gasteiger partial charge in [-0.05, 0) is 48.9 Å². The van der Waals surface area contributed by atoms with Gasteiger partial charge >= 0.3 is 24.3 Å². The van der Waals surface area contributed by atoms with Crippen molar-refractivity contribution < 1.29 is 46.1 Å². The quantitative estimate of drug-likeness (QED) is 0.401. The monoisotopic (exact) mass is 496 g/mol. The molecule has 0 unspecified atom stereocenters. The second kappa shape index (κ2) is 13.2. The van der Waals surface area contributed by atoms with E-state index in [0.29, 0.717) is 0 Å². The number of aryl methyl sites for hydroxylation is 2. The number of hydrogen-bond acceptors (Lipinski definition) is 6. The maximum Gasteiger partial charge on any atom is 0.490 e. The Labute approximate surface area is 190 Å². The van der Waals surface area contributed by atoms with Crippen LogP contribution < -0.4 is 10.6 Å². The first-order valence-corrected chi connectivity index (χ1v) is 9.78. The van der Waals surface area contributed by atoms with Crippen molar-refractivity contribution in [1.82, 2.24) is 9.97 Å². The van der Waals surface area contributed by atoms with Crippen molar-refractivity contribution in [3.05, 3.63) is 47.8 Å². The number of halogens is 6. The third kappa shape index (κ3) is 10.8. The number of aliphatic carboxylic acids is 2. The Morgan fingerprint density at radius 2 is 1.06 bits per heavy atom. The average Bonchev–Trinajstić information content (AvgIpc) is 2.79. The second-order valence-corrected chi connectivity index (χ2v) is 6.69. The lowest BCUT2D eigenvalue weighted by Crippen LogP contribution is -2.21. The topological polar surface area (TPSA) is 124 Å². The van der Waals surface area contributed by atoms with E-state index in [1.807, 2.05) is 24.5 Å². The van der Waals surface area contributed by atoms with Gasteiger partial charge in [0.1, 0.15) is 11.6 Å². The summed E-state index contributed by atoms with van der Waals surface area (Å²) in [6.45, 7) is 2.15. The predicted octanol–water partition coefficient (Wildman–Crippen LogP) is 4.15. The highest BCUT2D eigenvalue weighted by molar-refractivity contribution is 5.73. The molecule has 2 aliphatic heterocycles. The van der Waals surface area contributed by atoms with Gasteiger partial charge < -0.3 is 20.8 Å². The number of carboxylic acid groups (broad SMARTS) is 2. The first-order valence-electron chi connectivity index (χ1n) is 9.78. The molecule has 0 bridgehead atoms. The minimum absolute atomic E-state index is 1.07. The number of fused-ring (bicyclic) bond motifs is 2. The lowest BCUT2D eigenvalue weighted by molar-refractivity contribution is -0.193. The third-order valence-corrected chi connectivity index (χ3v) is 4.10. The van der Waals surface area contributed by atoms with Gasteiger partial charge in [-0.3, -0.25) is 0 Å². The molecule has 188 valence electrons. The molecule has 14 heteroatoms. The molecule has 2 aromatic heterocycles. The van der Waals surface area contributed by atoms with Gasteiger partial charge in [0.25, 0.3) is 0 Å². The Bertz CT molecular complexity index is 812. The minimum Gasteiger partial charge on any atom is -0.475 e. The molecular formula is C20H22F6N4O4. The van der Waals surface area contributed by atoms with Crippen LogP contribution >= 0.6 is 0 Å². The number of alkyl halides is 6. The molecule has 8 nitrogen and oxygen atoms in total. The van der Waals surface area contributed by atoms with E-state index in [1.165, 1.54) is 36.8 Å². The third-order valence-electron chi connectivity index (χ3n) is 4.10. The maximum absolute atomic E-state index is 10.6. The van der Waals surface area contributed by atoms with Gasteiger partial charge in [0.2, 0.25) is 0 Å². The van der Waals surface area contributed by atoms with E-state index in [9.17, 15) is 26.3 Å². The number of pyridine rings is 2. The summed E-state index contributed by atoms with van der Waals surface area (Å²) in [5, 5.41) is 20.8. The zero-order valence-electron chi connectivity index (χ0n) is 17.6. The number of anilines is 2. The Hall–Kier alpha value is -3.58. The Morgan fingerprint density at radius 3 is 1.32 bits per heavy atom. The van der Waals surface area contributed by atoms with E-state index in [-0.39, 0.29) is 0 Å². The van der Waals surface area contributed by atoms with Crippen molar-refractivity contribution in [2.75, 3.05) is 23.7 Å². The van der Waals surface area contributed by atoms with Crippen LogP contribution in [0, 0.1) is 0 Å². The minimum atomic E-state index is -5.08. The smallest absolute Gasteiger partial charge is 0.475 e. The zero-order chi connectivity index (χ0) is 25.8. The Morgan fingerprint density at radius 1 is 0.735 bits per heavy atom. The van der Waals surface area contributed by atoms with Crippen LogP contribution in [-0.2, 0) is 22.4 Å². The number of nitrogens with one attached hydrogen (secondary N) is 2. The van der Waals surface area contributed by atoms with Crippen LogP contribution in [-0.4, -0.2) is 57.6 Å². The van der Waals surface area contributed by atoms with Crippen molar-refractivity contribution in [3.63, 3.8) is 0 Å². The summed E-state index contributed by atoms with van der Waals surface area (Å²) >= 11 is 0. The molecule has 0 saturated heterocycles. The lowest BCUT2D eigenvalue weighted by atomic mass is 10.1. The molecule has 4 N–H and O–H groups in total. The predicted molar refractivity (Wildman–Crippen MR) is 109 cm³/mol. The standard InChI is InChI=1S/2C8H10N2.2C2HF3O2/c2*1-3-7-4-2-6-10-8(7)9-5-1;2*3-2(4,5)1(6)7/h2*1,3,5H,2,4,6H2,(H,9,10);2*(H,6,7). The summed E-state index contributed by atoms with van der Waals surface area (Å²) in [5.74, 6) is -3.36. The van der Waals surface area contributed by atoms with Gasteiger partial charge in [-0.15, -0.1) is 0 Å². The number of carbonyl (C=O) groups is 2. The fourth-order valence-electron chi connectivity index (χ4n) is 2.57. The molecule has 4 rings (SSSR count). The van der Waals surface area contributed by atoms with Crippen LogP contribution in [0.15, 0.2) is 36.7 Å². The van der Waals surface area contributed by atoms with E-state index in [1.54, 1.807) is 0 Å². The van der Waals surface area contributed by atoms with Crippen LogP contribution in [0.4, 0.5) is 38.0 Å². The molecule has 0 aliphatic carbocycles. The summed E-state index contributed by atoms with van der Waals surface area (Å²) in [5.41, 5.74) is 2.71. The summed E-state index contributed by atoms with van der Waals surface area (Å²) < 4.78 is 63.5. The summed E-state index contributed by atoms with van der Waals surface area (Å²) in [7, 11) is 0. The van der Waals surface area contributed by atoms with Crippen molar-refractivity contribution in [3.8, 4) is 0 Å². The van der Waals surface area contributed by atoms with Gasteiger partial charge in [0.05, 0.1) is 0 Å². The molecule has 0 spiro atoms. The molecule has 0 atom stereocenters. The van der Waals surface area contributed by atoms with E-state index in [2.05, 4.69) is 32.7 Å². The van der Waals surface area contributed by atoms with Crippen LogP contribution in [0.25, 0.3) is 0 Å². The largest absolute Gasteiger partial charge is 0.490 e. The van der Waals surface area contributed by atoms with Crippen LogP contribution in [0.2, 0.25) is 0 Å². The molecule has 4 heterocycles. The van der Waals surface area contributed by atoms with Crippen LogP contribution in [0.5, 0.6) is 0 Å². The summed E-state index contributed by atoms with van der Waals surface area (Å²) in [4.78, 5) is 26.2. The van der Waals surface area contributed by atoms with Gasteiger partial charge in [0.15, 0.2) is 0 Å². The first kappa shape index (κ1) is 28.5. The zero-order valence-corrected chi connectivity index (χ0v) is 17.6. The van der Waals surface area contributed by atoms with Crippen LogP contribution in [0.3, 0.4) is 0 Å². The highest BCUT2D eigenvalue weighted by Gasteiger charge is 2.38. The number of aromatic nitrogens is 2. The molecule has 2 aliphatic rings. The summed E-state index contributed by atoms with van der Waals surface area (Å²) in [6.07, 6.45) is -1.68. The van der Waals surface area contributed by atoms with E-state index < -0.39 is 24.3 Å². The Balaban J connectivity index is 0.000000231. The van der Waals surface area contributed by atoms with E-state index in [0.717, 1.165) is 24.7 Å². The molecule has 0 fully saturated rings. The molecule has 2 aromatic rings. The first-order chi connectivity index (χ1) is 15.8. The van der Waals surface area contributed by atoms with Crippen molar-refractivity contribution in [2.24, 2.45) is 0 Å². The highest BCUT2D eigenvalue weighted by atomic mass is 19.4. The summed E-state index contributed by atoms with van der Waals surface area (Å²) in [6, 6.07) is 8.25. The second-order valence-electron chi connectivity index (χ2n) is 6.69. The van der Waals surface area contributed by atoms with Gasteiger partial charge in [-0.25, -0.2) is 19.6 Å². The van der Waals surface area contributed by atoms with Crippen molar-refractivity contribution >= 4 is 23.6 Å². The maximum atomic E-state index is 10.6. The SMILES string of the molecule is O=C(O)C(F)(F)F.O=C(O)C(F)(F)F.c1cnc2c(c1)CCCN2.c1cnc2c(c1)CCCN2. The van der Waals surface area contributed by atoms with Gasteiger partial charge in [-0.1, -0.05) is 12.1 Å². The number of nitrogens with zero attached hydrogens (tertiary/aromatic N) is 2. The van der Waals surface area contributed by atoms with Crippen LogP contribution in [0.1, 0.15) is 24.0 Å². The van der Waals surface area contributed by atoms with Gasteiger partial charge in [-0.2, -0.15) is 26.3 Å². The van der Waals surface area contributed by atoms with E-state index >= 15 is 0 Å². The normalized spacial score (nSPS) is 13.8. The molecule has 0 radical (unpaired) electrons. The van der Waals surface area contributed by atoms with Crippen molar-refractivity contribution in [2.45, 2.75) is 38.0 Å². The fraction of sp³-hybridized carbons (Fsp3) is 0.400. The molecule has 0 amide bonds. The number of hydrogen-bond donors (Lipinski definition) is 4. The Kier molecular flexibility index (Phi) is 11.1. The lowest BCUT2D eigenvalue weighted by Gasteiger charge is -2.15. The number of carboxylic acids is 2.